The average molecular weight is 482 g/mol. The van der Waals surface area contributed by atoms with Crippen LogP contribution >= 0.6 is 22.6 Å². The summed E-state index contributed by atoms with van der Waals surface area (Å²) in [6.45, 7) is 6.67. The molecule has 27 heavy (non-hydrogen) atoms. The molecule has 0 N–H and O–H groups in total. The number of carbonyl (C=O) groups excluding carboxylic acids is 1. The molecule has 0 heterocycles. The summed E-state index contributed by atoms with van der Waals surface area (Å²) in [5.41, 5.74) is 3.24. The Bertz CT molecular complexity index is 751. The fourth-order valence-corrected chi connectivity index (χ4v) is 7.32. The number of carbonyl (C=O) groups is 1. The highest BCUT2D eigenvalue weighted by molar-refractivity contribution is 14.1. The fraction of sp³-hybridized carbons (Fsp3) is 0.696. The van der Waals surface area contributed by atoms with Crippen molar-refractivity contribution in [3.63, 3.8) is 0 Å². The molecule has 148 valence electrons. The van der Waals surface area contributed by atoms with Crippen molar-refractivity contribution in [2.75, 3.05) is 7.11 Å². The molecule has 0 amide bonds. The zero-order valence-corrected chi connectivity index (χ0v) is 19.1. The van der Waals surface area contributed by atoms with Gasteiger partial charge in [0.05, 0.1) is 12.9 Å². The number of halogens is 1. The smallest absolute Gasteiger partial charge is 0.306 e. The van der Waals surface area contributed by atoms with Crippen molar-refractivity contribution in [3.8, 4) is 0 Å². The lowest BCUT2D eigenvalue weighted by Gasteiger charge is -2.53. The van der Waals surface area contributed by atoms with Crippen LogP contribution in [0.2, 0.25) is 0 Å². The molecule has 0 spiro atoms. The van der Waals surface area contributed by atoms with Gasteiger partial charge in [0, 0.05) is 23.7 Å². The normalized spacial score (nSPS) is 42.8. The SMILES string of the molecule is CCC(=O)O[C@@]1(I)CCC2C3CC=C4C=C(OC)CC[C@]4(C)C3=CC[C@@]21C. The van der Waals surface area contributed by atoms with Gasteiger partial charge in [0.1, 0.15) is 0 Å². The number of methoxy groups -OCH3 is 1. The minimum Gasteiger partial charge on any atom is -0.501 e. The van der Waals surface area contributed by atoms with Crippen molar-refractivity contribution in [1.82, 2.24) is 0 Å². The van der Waals surface area contributed by atoms with E-state index in [9.17, 15) is 4.79 Å². The molecule has 1 saturated carbocycles. The molecule has 0 saturated heterocycles. The summed E-state index contributed by atoms with van der Waals surface area (Å²) >= 11 is 2.45. The zero-order chi connectivity index (χ0) is 19.4. The zero-order valence-electron chi connectivity index (χ0n) is 16.9. The molecule has 0 radical (unpaired) electrons. The maximum Gasteiger partial charge on any atom is 0.306 e. The molecular formula is C23H31IO3. The first-order valence-electron chi connectivity index (χ1n) is 10.3. The van der Waals surface area contributed by atoms with E-state index < -0.39 is 0 Å². The fourth-order valence-electron chi connectivity index (χ4n) is 6.14. The predicted molar refractivity (Wildman–Crippen MR) is 115 cm³/mol. The predicted octanol–water partition coefficient (Wildman–Crippen LogP) is 6.09. The van der Waals surface area contributed by atoms with E-state index in [2.05, 4.69) is 54.7 Å². The number of rotatable bonds is 3. The lowest BCUT2D eigenvalue weighted by molar-refractivity contribution is -0.157. The van der Waals surface area contributed by atoms with Crippen LogP contribution in [0, 0.1) is 22.7 Å². The molecule has 0 bridgehead atoms. The van der Waals surface area contributed by atoms with Gasteiger partial charge in [-0.15, -0.1) is 0 Å². The van der Waals surface area contributed by atoms with Crippen molar-refractivity contribution in [1.29, 1.82) is 0 Å². The molecule has 5 atom stereocenters. The van der Waals surface area contributed by atoms with Crippen LogP contribution in [0.3, 0.4) is 0 Å². The van der Waals surface area contributed by atoms with Crippen molar-refractivity contribution >= 4 is 28.6 Å². The number of hydrogen-bond donors (Lipinski definition) is 0. The summed E-state index contributed by atoms with van der Waals surface area (Å²) in [4.78, 5) is 12.1. The molecule has 0 aromatic rings. The standard InChI is InChI=1S/C23H31IO3/c1-5-20(25)27-23(24)13-10-19-17-7-6-15-14-16(26-4)8-11-21(15,2)18(17)9-12-22(19,23)3/h6,9,14,17,19H,5,7-8,10-13H2,1-4H3/t17?,19?,21-,22-,23-/m0/s1. The summed E-state index contributed by atoms with van der Waals surface area (Å²) in [5.74, 6) is 2.20. The van der Waals surface area contributed by atoms with E-state index in [1.54, 1.807) is 12.7 Å². The molecule has 0 aliphatic heterocycles. The average Bonchev–Trinajstić information content (AvgIpc) is 2.92. The van der Waals surface area contributed by atoms with Crippen LogP contribution in [-0.2, 0) is 14.3 Å². The minimum atomic E-state index is -0.370. The van der Waals surface area contributed by atoms with E-state index in [4.69, 9.17) is 9.47 Å². The van der Waals surface area contributed by atoms with Gasteiger partial charge in [0.2, 0.25) is 0 Å². The van der Waals surface area contributed by atoms with Gasteiger partial charge in [-0.05, 0) is 78.2 Å². The van der Waals surface area contributed by atoms with Crippen LogP contribution in [0.15, 0.2) is 35.1 Å². The van der Waals surface area contributed by atoms with Gasteiger partial charge in [-0.25, -0.2) is 0 Å². The van der Waals surface area contributed by atoms with Gasteiger partial charge in [0.25, 0.3) is 0 Å². The third-order valence-corrected chi connectivity index (χ3v) is 9.95. The highest BCUT2D eigenvalue weighted by Crippen LogP contribution is 2.67. The van der Waals surface area contributed by atoms with E-state index in [1.165, 1.54) is 5.57 Å². The molecule has 4 heteroatoms. The van der Waals surface area contributed by atoms with Gasteiger partial charge >= 0.3 is 5.97 Å². The van der Waals surface area contributed by atoms with Crippen LogP contribution in [0.5, 0.6) is 0 Å². The van der Waals surface area contributed by atoms with Crippen LogP contribution in [0.1, 0.15) is 65.7 Å². The second kappa shape index (κ2) is 6.64. The molecule has 4 aliphatic carbocycles. The molecule has 0 aromatic carbocycles. The number of ether oxygens (including phenoxy) is 2. The number of hydrogen-bond acceptors (Lipinski definition) is 3. The third-order valence-electron chi connectivity index (χ3n) is 7.96. The quantitative estimate of drug-likeness (QED) is 0.211. The monoisotopic (exact) mass is 482 g/mol. The highest BCUT2D eigenvalue weighted by Gasteiger charge is 2.62. The maximum absolute atomic E-state index is 12.1. The van der Waals surface area contributed by atoms with E-state index in [1.807, 2.05) is 6.92 Å². The summed E-state index contributed by atoms with van der Waals surface area (Å²) in [7, 11) is 1.78. The Hall–Kier alpha value is -0.780. The molecule has 4 rings (SSSR count). The minimum absolute atomic E-state index is 0.0243. The Morgan fingerprint density at radius 3 is 2.78 bits per heavy atom. The maximum atomic E-state index is 12.1. The van der Waals surface area contributed by atoms with E-state index in [-0.39, 0.29) is 20.4 Å². The Balaban J connectivity index is 1.68. The molecular weight excluding hydrogens is 451 g/mol. The lowest BCUT2D eigenvalue weighted by atomic mass is 9.53. The molecule has 0 aromatic heterocycles. The molecule has 1 fully saturated rings. The molecule has 3 nitrogen and oxygen atoms in total. The Kier molecular flexibility index (Phi) is 4.80. The Morgan fingerprint density at radius 2 is 2.07 bits per heavy atom. The number of fused-ring (bicyclic) bond motifs is 5. The van der Waals surface area contributed by atoms with Crippen molar-refractivity contribution in [2.24, 2.45) is 22.7 Å². The van der Waals surface area contributed by atoms with Crippen LogP contribution in [-0.4, -0.2) is 16.7 Å². The number of allylic oxidation sites excluding steroid dienone is 6. The third kappa shape index (κ3) is 2.76. The van der Waals surface area contributed by atoms with Crippen molar-refractivity contribution < 1.29 is 14.3 Å². The first kappa shape index (κ1) is 19.5. The van der Waals surface area contributed by atoms with Crippen molar-refractivity contribution in [3.05, 3.63) is 35.1 Å². The first-order valence-corrected chi connectivity index (χ1v) is 11.4. The number of esters is 1. The summed E-state index contributed by atoms with van der Waals surface area (Å²) < 4.78 is 11.2. The largest absolute Gasteiger partial charge is 0.501 e. The number of alkyl halides is 1. The van der Waals surface area contributed by atoms with Gasteiger partial charge < -0.3 is 9.47 Å². The van der Waals surface area contributed by atoms with Crippen molar-refractivity contribution in [2.45, 2.75) is 69.3 Å². The summed E-state index contributed by atoms with van der Waals surface area (Å²) in [5, 5.41) is 0. The summed E-state index contributed by atoms with van der Waals surface area (Å²) in [6.07, 6.45) is 14.1. The topological polar surface area (TPSA) is 35.5 Å². The highest BCUT2D eigenvalue weighted by atomic mass is 127. The van der Waals surface area contributed by atoms with Crippen LogP contribution < -0.4 is 0 Å². The van der Waals surface area contributed by atoms with Gasteiger partial charge in [-0.1, -0.05) is 38.5 Å². The van der Waals surface area contributed by atoms with E-state index >= 15 is 0 Å². The lowest BCUT2D eigenvalue weighted by Crippen LogP contribution is -2.49. The van der Waals surface area contributed by atoms with Crippen LogP contribution in [0.4, 0.5) is 0 Å². The summed E-state index contributed by atoms with van der Waals surface area (Å²) in [6, 6.07) is 0. The van der Waals surface area contributed by atoms with Gasteiger partial charge in [-0.3, -0.25) is 4.79 Å². The molecule has 2 unspecified atom stereocenters. The Labute approximate surface area is 176 Å². The van der Waals surface area contributed by atoms with E-state index in [0.29, 0.717) is 18.3 Å². The second-order valence-electron chi connectivity index (χ2n) is 9.13. The van der Waals surface area contributed by atoms with Gasteiger partial charge in [-0.2, -0.15) is 0 Å². The van der Waals surface area contributed by atoms with Crippen LogP contribution in [0.25, 0.3) is 0 Å². The second-order valence-corrected chi connectivity index (χ2v) is 10.9. The first-order chi connectivity index (χ1) is 12.8. The molecule has 4 aliphatic rings. The van der Waals surface area contributed by atoms with Gasteiger partial charge in [0.15, 0.2) is 3.61 Å². The van der Waals surface area contributed by atoms with E-state index in [0.717, 1.165) is 44.3 Å². The Morgan fingerprint density at radius 1 is 1.30 bits per heavy atom.